The van der Waals surface area contributed by atoms with Crippen LogP contribution in [0.15, 0.2) is 30.3 Å². The van der Waals surface area contributed by atoms with Crippen LogP contribution in [0.4, 0.5) is 0 Å². The van der Waals surface area contributed by atoms with E-state index in [4.69, 9.17) is 9.47 Å². The van der Waals surface area contributed by atoms with E-state index in [0.717, 1.165) is 12.8 Å². The van der Waals surface area contributed by atoms with Crippen molar-refractivity contribution in [1.82, 2.24) is 0 Å². The largest absolute Gasteiger partial charge is 0.353 e. The molecule has 1 aromatic rings. The summed E-state index contributed by atoms with van der Waals surface area (Å²) in [6.45, 7) is 7.27. The fourth-order valence-corrected chi connectivity index (χ4v) is 3.28. The summed E-state index contributed by atoms with van der Waals surface area (Å²) in [6.07, 6.45) is 9.96. The third-order valence-electron chi connectivity index (χ3n) is 4.77. The van der Waals surface area contributed by atoms with Gasteiger partial charge in [-0.1, -0.05) is 82.7 Å². The highest BCUT2D eigenvalue weighted by Gasteiger charge is 2.36. The summed E-state index contributed by atoms with van der Waals surface area (Å²) in [5.41, 5.74) is 1.28. The molecule has 0 saturated carbocycles. The van der Waals surface area contributed by atoms with Crippen molar-refractivity contribution < 1.29 is 9.47 Å². The number of hydrogen-bond acceptors (Lipinski definition) is 2. The molecule has 2 unspecified atom stereocenters. The highest BCUT2D eigenvalue weighted by Crippen LogP contribution is 2.31. The van der Waals surface area contributed by atoms with Crippen molar-refractivity contribution in [3.63, 3.8) is 0 Å². The Kier molecular flexibility index (Phi) is 10.2. The van der Waals surface area contributed by atoms with Gasteiger partial charge >= 0.3 is 0 Å². The van der Waals surface area contributed by atoms with Crippen molar-refractivity contribution in [1.29, 1.82) is 0 Å². The summed E-state index contributed by atoms with van der Waals surface area (Å²) in [5, 5.41) is 0. The minimum absolute atomic E-state index is 0.388. The first-order chi connectivity index (χ1) is 11.2. The van der Waals surface area contributed by atoms with Crippen molar-refractivity contribution in [2.75, 3.05) is 13.7 Å². The molecule has 0 aliphatic carbocycles. The van der Waals surface area contributed by atoms with Gasteiger partial charge in [-0.3, -0.25) is 0 Å². The van der Waals surface area contributed by atoms with Gasteiger partial charge in [0.05, 0.1) is 0 Å². The van der Waals surface area contributed by atoms with Crippen molar-refractivity contribution in [2.24, 2.45) is 5.92 Å². The van der Waals surface area contributed by atoms with Gasteiger partial charge in [-0.2, -0.15) is 0 Å². The Morgan fingerprint density at radius 3 is 2.22 bits per heavy atom. The first-order valence-corrected chi connectivity index (χ1v) is 9.41. The molecule has 23 heavy (non-hydrogen) atoms. The fourth-order valence-electron chi connectivity index (χ4n) is 3.28. The maximum atomic E-state index is 6.12. The highest BCUT2D eigenvalue weighted by atomic mass is 16.7. The van der Waals surface area contributed by atoms with Crippen LogP contribution >= 0.6 is 0 Å². The lowest BCUT2D eigenvalue weighted by Gasteiger charge is -2.38. The topological polar surface area (TPSA) is 18.5 Å². The molecule has 0 fully saturated rings. The van der Waals surface area contributed by atoms with Gasteiger partial charge in [0.1, 0.15) is 0 Å². The number of rotatable bonds is 13. The van der Waals surface area contributed by atoms with Crippen molar-refractivity contribution in [2.45, 2.75) is 77.9 Å². The Hall–Kier alpha value is -0.860. The van der Waals surface area contributed by atoms with Crippen LogP contribution in [0, 0.1) is 5.92 Å². The minimum atomic E-state index is -0.500. The quantitative estimate of drug-likeness (QED) is 0.328. The monoisotopic (exact) mass is 320 g/mol. The second kappa shape index (κ2) is 11.6. The Bertz CT molecular complexity index is 390. The predicted molar refractivity (Wildman–Crippen MR) is 98.7 cm³/mol. The molecule has 2 heteroatoms. The maximum absolute atomic E-state index is 6.12. The van der Waals surface area contributed by atoms with Gasteiger partial charge in [0, 0.05) is 26.1 Å². The number of benzene rings is 1. The lowest BCUT2D eigenvalue weighted by Crippen LogP contribution is -2.44. The summed E-state index contributed by atoms with van der Waals surface area (Å²) in [7, 11) is 1.79. The van der Waals surface area contributed by atoms with E-state index in [-0.39, 0.29) is 0 Å². The Morgan fingerprint density at radius 1 is 0.957 bits per heavy atom. The van der Waals surface area contributed by atoms with Crippen LogP contribution in [0.5, 0.6) is 0 Å². The third-order valence-corrected chi connectivity index (χ3v) is 4.77. The Labute approximate surface area is 143 Å². The van der Waals surface area contributed by atoms with Gasteiger partial charge in [0.25, 0.3) is 0 Å². The summed E-state index contributed by atoms with van der Waals surface area (Å²) in [5.74, 6) is -0.113. The predicted octanol–water partition coefficient (Wildman–Crippen LogP) is 6.00. The molecular formula is C21H36O2. The number of methoxy groups -OCH3 is 1. The van der Waals surface area contributed by atoms with Gasteiger partial charge in [0.2, 0.25) is 0 Å². The molecule has 1 rings (SSSR count). The molecule has 0 saturated heterocycles. The standard InChI is InChI=1S/C21H36O2/c1-5-7-8-9-10-12-15-19(3)21(22-4,23-6-2)18-20-16-13-11-14-17-20/h11,13-14,16-17,19H,5-10,12,15,18H2,1-4H3. The average molecular weight is 321 g/mol. The molecule has 1 aromatic carbocycles. The molecule has 0 aliphatic heterocycles. The van der Waals surface area contributed by atoms with E-state index in [9.17, 15) is 0 Å². The highest BCUT2D eigenvalue weighted by molar-refractivity contribution is 5.16. The van der Waals surface area contributed by atoms with Crippen molar-refractivity contribution in [3.05, 3.63) is 35.9 Å². The lowest BCUT2D eigenvalue weighted by molar-refractivity contribution is -0.249. The zero-order valence-electron chi connectivity index (χ0n) is 15.6. The zero-order valence-corrected chi connectivity index (χ0v) is 15.6. The van der Waals surface area contributed by atoms with Crippen molar-refractivity contribution >= 4 is 0 Å². The minimum Gasteiger partial charge on any atom is -0.353 e. The van der Waals surface area contributed by atoms with Gasteiger partial charge in [-0.05, 0) is 18.9 Å². The van der Waals surface area contributed by atoms with Crippen molar-refractivity contribution in [3.8, 4) is 0 Å². The van der Waals surface area contributed by atoms with Crippen LogP contribution in [0.25, 0.3) is 0 Å². The molecule has 0 heterocycles. The molecule has 2 nitrogen and oxygen atoms in total. The van der Waals surface area contributed by atoms with Gasteiger partial charge in [0.15, 0.2) is 5.79 Å². The lowest BCUT2D eigenvalue weighted by atomic mass is 9.88. The number of hydrogen-bond donors (Lipinski definition) is 0. The number of ether oxygens (including phenoxy) is 2. The van der Waals surface area contributed by atoms with Crippen LogP contribution in [0.2, 0.25) is 0 Å². The maximum Gasteiger partial charge on any atom is 0.174 e. The van der Waals surface area contributed by atoms with E-state index in [0.29, 0.717) is 12.5 Å². The molecule has 0 spiro atoms. The molecular weight excluding hydrogens is 284 g/mol. The van der Waals surface area contributed by atoms with E-state index in [1.165, 1.54) is 44.1 Å². The fraction of sp³-hybridized carbons (Fsp3) is 0.714. The molecule has 0 N–H and O–H groups in total. The second-order valence-electron chi connectivity index (χ2n) is 6.57. The smallest absolute Gasteiger partial charge is 0.174 e. The summed E-state index contributed by atoms with van der Waals surface area (Å²) >= 11 is 0. The first kappa shape index (κ1) is 20.2. The van der Waals surface area contributed by atoms with Crippen LogP contribution in [0.3, 0.4) is 0 Å². The first-order valence-electron chi connectivity index (χ1n) is 9.41. The van der Waals surface area contributed by atoms with E-state index in [1.54, 1.807) is 7.11 Å². The van der Waals surface area contributed by atoms with E-state index < -0.39 is 5.79 Å². The van der Waals surface area contributed by atoms with Crippen LogP contribution < -0.4 is 0 Å². The van der Waals surface area contributed by atoms with E-state index >= 15 is 0 Å². The van der Waals surface area contributed by atoms with E-state index in [2.05, 4.69) is 51.1 Å². The molecule has 0 bridgehead atoms. The molecule has 132 valence electrons. The third kappa shape index (κ3) is 7.05. The summed E-state index contributed by atoms with van der Waals surface area (Å²) in [6, 6.07) is 10.5. The van der Waals surface area contributed by atoms with Crippen LogP contribution in [-0.2, 0) is 15.9 Å². The van der Waals surface area contributed by atoms with Crippen LogP contribution in [0.1, 0.15) is 71.3 Å². The van der Waals surface area contributed by atoms with Crippen LogP contribution in [-0.4, -0.2) is 19.5 Å². The molecule has 0 aliphatic rings. The Balaban J connectivity index is 2.57. The molecule has 2 atom stereocenters. The van der Waals surface area contributed by atoms with Gasteiger partial charge in [-0.25, -0.2) is 0 Å². The average Bonchev–Trinajstić information content (AvgIpc) is 2.58. The molecule has 0 aromatic heterocycles. The van der Waals surface area contributed by atoms with Gasteiger partial charge in [-0.15, -0.1) is 0 Å². The van der Waals surface area contributed by atoms with E-state index in [1.807, 2.05) is 0 Å². The second-order valence-corrected chi connectivity index (χ2v) is 6.57. The summed E-state index contributed by atoms with van der Waals surface area (Å²) in [4.78, 5) is 0. The Morgan fingerprint density at radius 2 is 1.61 bits per heavy atom. The van der Waals surface area contributed by atoms with Gasteiger partial charge < -0.3 is 9.47 Å². The normalized spacial score (nSPS) is 15.3. The molecule has 0 radical (unpaired) electrons. The zero-order chi connectivity index (χ0) is 17.0. The number of unbranched alkanes of at least 4 members (excludes halogenated alkanes) is 5. The SMILES string of the molecule is CCCCCCCCC(C)C(Cc1ccccc1)(OC)OCC. The molecule has 0 amide bonds. The summed E-state index contributed by atoms with van der Waals surface area (Å²) < 4.78 is 12.0.